The summed E-state index contributed by atoms with van der Waals surface area (Å²) >= 11 is 3.16. The van der Waals surface area contributed by atoms with Crippen molar-refractivity contribution in [2.75, 3.05) is 13.1 Å². The topological polar surface area (TPSA) is 83.7 Å². The smallest absolute Gasteiger partial charge is 0.270 e. The standard InChI is InChI=1S/C11H11BrN2O4/c12-10-5-7(14(17)18)1-2-9(10)11(16)13-4-3-8(15)6-13/h1-2,5,8,15H,3-4,6H2/t8-/m1/s1. The van der Waals surface area contributed by atoms with Crippen LogP contribution in [0.3, 0.4) is 0 Å². The Morgan fingerprint density at radius 2 is 2.28 bits per heavy atom. The van der Waals surface area contributed by atoms with Crippen molar-refractivity contribution in [1.82, 2.24) is 4.90 Å². The van der Waals surface area contributed by atoms with Crippen LogP contribution in [-0.4, -0.2) is 40.0 Å². The quantitative estimate of drug-likeness (QED) is 0.663. The number of rotatable bonds is 2. The van der Waals surface area contributed by atoms with Crippen LogP contribution in [0.4, 0.5) is 5.69 Å². The number of non-ortho nitro benzene ring substituents is 1. The fourth-order valence-electron chi connectivity index (χ4n) is 1.89. The lowest BCUT2D eigenvalue weighted by atomic mass is 10.2. The predicted octanol–water partition coefficient (Wildman–Crippen LogP) is 1.56. The molecule has 1 aliphatic rings. The summed E-state index contributed by atoms with van der Waals surface area (Å²) in [5, 5.41) is 20.0. The number of nitro benzene ring substituents is 1. The fourth-order valence-corrected chi connectivity index (χ4v) is 2.42. The Kier molecular flexibility index (Phi) is 3.63. The van der Waals surface area contributed by atoms with Crippen molar-refractivity contribution in [3.05, 3.63) is 38.3 Å². The van der Waals surface area contributed by atoms with Gasteiger partial charge in [-0.1, -0.05) is 0 Å². The van der Waals surface area contributed by atoms with Gasteiger partial charge in [-0.3, -0.25) is 14.9 Å². The average molecular weight is 315 g/mol. The molecular formula is C11H11BrN2O4. The molecule has 1 amide bonds. The molecule has 96 valence electrons. The maximum absolute atomic E-state index is 12.1. The van der Waals surface area contributed by atoms with E-state index < -0.39 is 11.0 Å². The van der Waals surface area contributed by atoms with Crippen molar-refractivity contribution in [3.8, 4) is 0 Å². The van der Waals surface area contributed by atoms with Crippen molar-refractivity contribution in [2.24, 2.45) is 0 Å². The summed E-state index contributed by atoms with van der Waals surface area (Å²) < 4.78 is 0.392. The van der Waals surface area contributed by atoms with Crippen LogP contribution in [-0.2, 0) is 0 Å². The Hall–Kier alpha value is -1.47. The third-order valence-electron chi connectivity index (χ3n) is 2.84. The molecule has 1 aromatic rings. The van der Waals surface area contributed by atoms with Crippen LogP contribution in [0.2, 0.25) is 0 Å². The fraction of sp³-hybridized carbons (Fsp3) is 0.364. The number of hydrogen-bond donors (Lipinski definition) is 1. The number of aliphatic hydroxyl groups is 1. The number of nitrogens with zero attached hydrogens (tertiary/aromatic N) is 2. The molecule has 0 saturated carbocycles. The predicted molar refractivity (Wildman–Crippen MR) is 67.3 cm³/mol. The monoisotopic (exact) mass is 314 g/mol. The molecule has 0 aliphatic carbocycles. The Bertz CT molecular complexity index is 506. The van der Waals surface area contributed by atoms with E-state index in [9.17, 15) is 20.0 Å². The van der Waals surface area contributed by atoms with Gasteiger partial charge < -0.3 is 10.0 Å². The van der Waals surface area contributed by atoms with E-state index in [0.29, 0.717) is 29.5 Å². The van der Waals surface area contributed by atoms with E-state index >= 15 is 0 Å². The highest BCUT2D eigenvalue weighted by Gasteiger charge is 2.27. The van der Waals surface area contributed by atoms with Crippen LogP contribution >= 0.6 is 15.9 Å². The second-order valence-corrected chi connectivity index (χ2v) is 4.97. The van der Waals surface area contributed by atoms with Gasteiger partial charge in [-0.15, -0.1) is 0 Å². The van der Waals surface area contributed by atoms with E-state index in [4.69, 9.17) is 0 Å². The minimum Gasteiger partial charge on any atom is -0.391 e. The molecule has 2 rings (SSSR count). The number of likely N-dealkylation sites (tertiary alicyclic amines) is 1. The number of nitro groups is 1. The molecule has 1 aromatic carbocycles. The van der Waals surface area contributed by atoms with Crippen LogP contribution < -0.4 is 0 Å². The molecule has 1 aliphatic heterocycles. The van der Waals surface area contributed by atoms with Crippen LogP contribution in [0.5, 0.6) is 0 Å². The first-order chi connectivity index (χ1) is 8.49. The lowest BCUT2D eigenvalue weighted by molar-refractivity contribution is -0.384. The molecule has 18 heavy (non-hydrogen) atoms. The van der Waals surface area contributed by atoms with Gasteiger partial charge in [0.1, 0.15) is 0 Å². The first-order valence-corrected chi connectivity index (χ1v) is 6.19. The third kappa shape index (κ3) is 2.51. The number of aliphatic hydroxyl groups excluding tert-OH is 1. The lowest BCUT2D eigenvalue weighted by Gasteiger charge is -2.16. The zero-order chi connectivity index (χ0) is 13.3. The summed E-state index contributed by atoms with van der Waals surface area (Å²) in [5.41, 5.74) is 0.301. The molecule has 1 fully saturated rings. The van der Waals surface area contributed by atoms with Crippen molar-refractivity contribution < 1.29 is 14.8 Å². The number of carbonyl (C=O) groups is 1. The molecule has 1 N–H and O–H groups in total. The number of β-amino-alcohol motifs (C(OH)–C–C–N with tert-alkyl or cyclic N) is 1. The van der Waals surface area contributed by atoms with E-state index in [1.54, 1.807) is 0 Å². The third-order valence-corrected chi connectivity index (χ3v) is 3.50. The van der Waals surface area contributed by atoms with Crippen LogP contribution in [0.15, 0.2) is 22.7 Å². The zero-order valence-electron chi connectivity index (χ0n) is 9.38. The van der Waals surface area contributed by atoms with Gasteiger partial charge in [-0.25, -0.2) is 0 Å². The first-order valence-electron chi connectivity index (χ1n) is 5.40. The van der Waals surface area contributed by atoms with Gasteiger partial charge in [0.15, 0.2) is 0 Å². The van der Waals surface area contributed by atoms with Crippen molar-refractivity contribution in [3.63, 3.8) is 0 Å². The Morgan fingerprint density at radius 1 is 1.56 bits per heavy atom. The second kappa shape index (κ2) is 5.03. The molecule has 7 heteroatoms. The van der Waals surface area contributed by atoms with E-state index in [-0.39, 0.29) is 11.6 Å². The van der Waals surface area contributed by atoms with Gasteiger partial charge in [0, 0.05) is 29.7 Å². The van der Waals surface area contributed by atoms with Gasteiger partial charge in [0.05, 0.1) is 16.6 Å². The number of hydrogen-bond acceptors (Lipinski definition) is 4. The van der Waals surface area contributed by atoms with Crippen LogP contribution in [0.25, 0.3) is 0 Å². The molecular weight excluding hydrogens is 304 g/mol. The Morgan fingerprint density at radius 3 is 2.78 bits per heavy atom. The van der Waals surface area contributed by atoms with Gasteiger partial charge >= 0.3 is 0 Å². The molecule has 1 saturated heterocycles. The van der Waals surface area contributed by atoms with Gasteiger partial charge in [0.2, 0.25) is 0 Å². The molecule has 0 bridgehead atoms. The van der Waals surface area contributed by atoms with Crippen molar-refractivity contribution >= 4 is 27.5 Å². The minimum atomic E-state index is -0.515. The van der Waals surface area contributed by atoms with Gasteiger partial charge in [0.25, 0.3) is 11.6 Å². The highest BCUT2D eigenvalue weighted by Crippen LogP contribution is 2.25. The summed E-state index contributed by atoms with van der Waals surface area (Å²) in [6.07, 6.45) is 0.0850. The molecule has 0 radical (unpaired) electrons. The van der Waals surface area contributed by atoms with E-state index in [1.807, 2.05) is 0 Å². The maximum Gasteiger partial charge on any atom is 0.270 e. The summed E-state index contributed by atoms with van der Waals surface area (Å²) in [4.78, 5) is 23.7. The Labute approximate surface area is 111 Å². The van der Waals surface area contributed by atoms with Crippen molar-refractivity contribution in [2.45, 2.75) is 12.5 Å². The molecule has 0 unspecified atom stereocenters. The molecule has 6 nitrogen and oxygen atoms in total. The highest BCUT2D eigenvalue weighted by molar-refractivity contribution is 9.10. The summed E-state index contributed by atoms with van der Waals surface area (Å²) in [6, 6.07) is 4.03. The van der Waals surface area contributed by atoms with Crippen LogP contribution in [0, 0.1) is 10.1 Å². The SMILES string of the molecule is O=C(c1ccc([N+](=O)[O-])cc1Br)N1CC[C@@H](O)C1. The van der Waals surface area contributed by atoms with E-state index in [1.165, 1.54) is 23.1 Å². The largest absolute Gasteiger partial charge is 0.391 e. The normalized spacial score (nSPS) is 19.0. The maximum atomic E-state index is 12.1. The zero-order valence-corrected chi connectivity index (χ0v) is 11.0. The summed E-state index contributed by atoms with van der Waals surface area (Å²) in [6.45, 7) is 0.811. The van der Waals surface area contributed by atoms with Gasteiger partial charge in [-0.05, 0) is 28.4 Å². The second-order valence-electron chi connectivity index (χ2n) is 4.11. The number of carbonyl (C=O) groups excluding carboxylic acids is 1. The molecule has 0 spiro atoms. The highest BCUT2D eigenvalue weighted by atomic mass is 79.9. The Balaban J connectivity index is 2.23. The average Bonchev–Trinajstić information content (AvgIpc) is 2.74. The minimum absolute atomic E-state index is 0.0696. The van der Waals surface area contributed by atoms with Crippen LogP contribution in [0.1, 0.15) is 16.8 Å². The number of benzene rings is 1. The lowest BCUT2D eigenvalue weighted by Crippen LogP contribution is -2.29. The van der Waals surface area contributed by atoms with E-state index in [0.717, 1.165) is 0 Å². The van der Waals surface area contributed by atoms with Crippen molar-refractivity contribution in [1.29, 1.82) is 0 Å². The van der Waals surface area contributed by atoms with Gasteiger partial charge in [-0.2, -0.15) is 0 Å². The summed E-state index contributed by atoms with van der Waals surface area (Å²) in [7, 11) is 0. The molecule has 1 atom stereocenters. The first kappa shape index (κ1) is 13.0. The number of amides is 1. The van der Waals surface area contributed by atoms with E-state index in [2.05, 4.69) is 15.9 Å². The summed E-state index contributed by atoms with van der Waals surface area (Å²) in [5.74, 6) is -0.228. The number of halogens is 1. The molecule has 1 heterocycles. The molecule has 0 aromatic heterocycles.